The van der Waals surface area contributed by atoms with Crippen LogP contribution in [0.15, 0.2) is 87.8 Å². The lowest BCUT2D eigenvalue weighted by Crippen LogP contribution is -2.64. The van der Waals surface area contributed by atoms with Gasteiger partial charge in [-0.2, -0.15) is 0 Å². The van der Waals surface area contributed by atoms with Crippen LogP contribution in [0.4, 0.5) is 0 Å². The average molecular weight is 396 g/mol. The van der Waals surface area contributed by atoms with Crippen molar-refractivity contribution in [2.24, 2.45) is 15.0 Å². The van der Waals surface area contributed by atoms with Gasteiger partial charge in [0.25, 0.3) is 23.3 Å². The average Bonchev–Trinajstić information content (AvgIpc) is 3.45. The third kappa shape index (κ3) is 1.45. The molecule has 9 rings (SSSR count). The van der Waals surface area contributed by atoms with Crippen molar-refractivity contribution < 1.29 is 8.97 Å². The zero-order valence-electron chi connectivity index (χ0n) is 16.3. The predicted molar refractivity (Wildman–Crippen MR) is 116 cm³/mol. The van der Waals surface area contributed by atoms with Crippen molar-refractivity contribution in [3.05, 3.63) is 106 Å². The van der Waals surface area contributed by atoms with E-state index in [1.165, 1.54) is 11.1 Å². The molecular formula is C24H13BN6+2. The molecular weight excluding hydrogens is 383 g/mol. The van der Waals surface area contributed by atoms with E-state index in [4.69, 9.17) is 15.0 Å². The normalized spacial score (nSPS) is 20.3. The van der Waals surface area contributed by atoms with E-state index >= 15 is 0 Å². The number of aliphatic imine (C=N–C) groups is 1. The molecule has 5 aliphatic heterocycles. The Morgan fingerprint density at radius 3 is 2.16 bits per heavy atom. The second kappa shape index (κ2) is 4.62. The van der Waals surface area contributed by atoms with E-state index in [2.05, 4.69) is 86.2 Å². The van der Waals surface area contributed by atoms with Crippen LogP contribution >= 0.6 is 0 Å². The highest BCUT2D eigenvalue weighted by Gasteiger charge is 2.63. The molecule has 140 valence electrons. The first-order valence-corrected chi connectivity index (χ1v) is 10.5. The van der Waals surface area contributed by atoms with Crippen LogP contribution in [0, 0.1) is 0 Å². The van der Waals surface area contributed by atoms with Gasteiger partial charge in [0.1, 0.15) is 0 Å². The summed E-state index contributed by atoms with van der Waals surface area (Å²) in [6, 6.07) is 25.5. The van der Waals surface area contributed by atoms with Crippen LogP contribution in [0.1, 0.15) is 28.4 Å². The van der Waals surface area contributed by atoms with Crippen molar-refractivity contribution >= 4 is 35.4 Å². The third-order valence-corrected chi connectivity index (χ3v) is 7.10. The lowest BCUT2D eigenvalue weighted by molar-refractivity contribution is -0.523. The van der Waals surface area contributed by atoms with Crippen LogP contribution in [0.3, 0.4) is 0 Å². The van der Waals surface area contributed by atoms with E-state index in [0.29, 0.717) is 0 Å². The van der Waals surface area contributed by atoms with Crippen LogP contribution in [0.5, 0.6) is 0 Å². The van der Waals surface area contributed by atoms with Gasteiger partial charge in [0.2, 0.25) is 5.49 Å². The minimum atomic E-state index is -0.0804. The van der Waals surface area contributed by atoms with Gasteiger partial charge in [-0.05, 0) is 35.3 Å². The van der Waals surface area contributed by atoms with Crippen LogP contribution < -0.4 is 11.0 Å². The van der Waals surface area contributed by atoms with Crippen molar-refractivity contribution in [1.82, 2.24) is 4.48 Å². The maximum atomic E-state index is 5.27. The maximum absolute atomic E-state index is 5.27. The summed E-state index contributed by atoms with van der Waals surface area (Å²) in [5, 5.41) is 2.29. The molecule has 0 amide bonds. The molecule has 0 radical (unpaired) electrons. The first kappa shape index (κ1) is 14.8. The molecule has 1 atom stereocenters. The number of rotatable bonds is 0. The Balaban J connectivity index is 1.57. The summed E-state index contributed by atoms with van der Waals surface area (Å²) in [5.41, 5.74) is 6.67. The Kier molecular flexibility index (Phi) is 2.20. The molecule has 5 aliphatic rings. The number of hydrogen-bond donors (Lipinski definition) is 0. The molecule has 0 fully saturated rings. The first-order valence-electron chi connectivity index (χ1n) is 10.5. The zero-order chi connectivity index (χ0) is 19.8. The lowest BCUT2D eigenvalue weighted by atomic mass is 9.86. The SMILES string of the molecule is c1ccc2c(c1)C1=NC3c4ccccc4C4=[N+]3B3n5c(c6ccccc6c5=N4)=NC2=[N+]31. The minimum absolute atomic E-state index is 0.0605. The Bertz CT molecular complexity index is 1810. The summed E-state index contributed by atoms with van der Waals surface area (Å²) < 4.78 is 6.97. The Hall–Kier alpha value is -4.13. The van der Waals surface area contributed by atoms with E-state index in [1.807, 2.05) is 0 Å². The fraction of sp³-hybridized carbons (Fsp3) is 0.0417. The van der Waals surface area contributed by atoms with Gasteiger partial charge >= 0.3 is 13.0 Å². The van der Waals surface area contributed by atoms with Gasteiger partial charge in [0, 0.05) is 10.9 Å². The van der Waals surface area contributed by atoms with E-state index in [1.54, 1.807) is 0 Å². The third-order valence-electron chi connectivity index (χ3n) is 7.10. The number of benzene rings is 3. The second-order valence-corrected chi connectivity index (χ2v) is 8.52. The zero-order valence-corrected chi connectivity index (χ0v) is 16.3. The molecule has 6 nitrogen and oxygen atoms in total. The highest BCUT2D eigenvalue weighted by molar-refractivity contribution is 6.48. The molecule has 4 aromatic rings. The fourth-order valence-electron chi connectivity index (χ4n) is 5.87. The molecule has 3 aromatic carbocycles. The van der Waals surface area contributed by atoms with Crippen LogP contribution in [0.2, 0.25) is 0 Å². The molecule has 6 heterocycles. The van der Waals surface area contributed by atoms with Crippen molar-refractivity contribution in [3.63, 3.8) is 0 Å². The summed E-state index contributed by atoms with van der Waals surface area (Å²) in [6.45, 7) is 0. The summed E-state index contributed by atoms with van der Waals surface area (Å²) in [7, 11) is -0.0605. The summed E-state index contributed by atoms with van der Waals surface area (Å²) in [4.78, 5) is 15.7. The van der Waals surface area contributed by atoms with Crippen LogP contribution in [0.25, 0.3) is 10.8 Å². The van der Waals surface area contributed by atoms with Crippen molar-refractivity contribution in [3.8, 4) is 0 Å². The molecule has 0 N–H and O–H groups in total. The van der Waals surface area contributed by atoms with Gasteiger partial charge < -0.3 is 0 Å². The predicted octanol–water partition coefficient (Wildman–Crippen LogP) is 1.45. The second-order valence-electron chi connectivity index (χ2n) is 8.52. The topological polar surface area (TPSA) is 48.0 Å². The monoisotopic (exact) mass is 396 g/mol. The van der Waals surface area contributed by atoms with Crippen molar-refractivity contribution in [2.75, 3.05) is 0 Å². The Labute approximate surface area is 176 Å². The highest BCUT2D eigenvalue weighted by Crippen LogP contribution is 2.38. The molecule has 0 saturated heterocycles. The standard InChI is InChI=1S/C24H13BN6/c1-2-8-14-13(7-1)19-26-21-15-9-3-4-10-16(15)23-28-24-18-12-6-5-11-17(18)22-27-20(14)29(19)25(30(21)23)31(22)24/h1-12,19H/q+2. The van der Waals surface area contributed by atoms with Crippen molar-refractivity contribution in [2.45, 2.75) is 6.17 Å². The van der Waals surface area contributed by atoms with E-state index in [9.17, 15) is 0 Å². The van der Waals surface area contributed by atoms with Gasteiger partial charge in [-0.3, -0.25) is 0 Å². The van der Waals surface area contributed by atoms with Crippen molar-refractivity contribution in [1.29, 1.82) is 0 Å². The van der Waals surface area contributed by atoms with Crippen LogP contribution in [-0.4, -0.2) is 38.1 Å². The molecule has 7 heteroatoms. The van der Waals surface area contributed by atoms with Gasteiger partial charge in [-0.1, -0.05) is 52.4 Å². The molecule has 0 bridgehead atoms. The number of hydrogen-bond acceptors (Lipinski definition) is 3. The van der Waals surface area contributed by atoms with Gasteiger partial charge in [0.15, 0.2) is 0 Å². The molecule has 1 unspecified atom stereocenters. The lowest BCUT2D eigenvalue weighted by Gasteiger charge is -2.23. The van der Waals surface area contributed by atoms with E-state index < -0.39 is 0 Å². The summed E-state index contributed by atoms with van der Waals surface area (Å²) in [5.74, 6) is 3.00. The molecule has 31 heavy (non-hydrogen) atoms. The minimum Gasteiger partial charge on any atom is -0.238 e. The highest BCUT2D eigenvalue weighted by atomic mass is 15.4. The molecule has 0 saturated carbocycles. The smallest absolute Gasteiger partial charge is 0.238 e. The van der Waals surface area contributed by atoms with E-state index in [-0.39, 0.29) is 13.3 Å². The number of nitrogens with zero attached hydrogens (tertiary/aromatic N) is 6. The van der Waals surface area contributed by atoms with Crippen LogP contribution in [-0.2, 0) is 0 Å². The van der Waals surface area contributed by atoms with E-state index in [0.717, 1.165) is 50.4 Å². The summed E-state index contributed by atoms with van der Waals surface area (Å²) in [6.07, 6.45) is -0.0804. The molecule has 0 aliphatic carbocycles. The number of fused-ring (bicyclic) bond motifs is 9. The quantitative estimate of drug-likeness (QED) is 0.404. The number of amidine groups is 3. The Morgan fingerprint density at radius 1 is 0.710 bits per heavy atom. The van der Waals surface area contributed by atoms with Gasteiger partial charge in [0.05, 0.1) is 22.1 Å². The van der Waals surface area contributed by atoms with Gasteiger partial charge in [-0.25, -0.2) is 13.5 Å². The van der Waals surface area contributed by atoms with Gasteiger partial charge in [-0.15, -0.1) is 0 Å². The maximum Gasteiger partial charge on any atom is 0.730 e. The Morgan fingerprint density at radius 2 is 1.35 bits per heavy atom. The first-order chi connectivity index (χ1) is 15.4. The molecule has 1 aromatic heterocycles. The fourth-order valence-corrected chi connectivity index (χ4v) is 5.87. The summed E-state index contributed by atoms with van der Waals surface area (Å²) >= 11 is 0. The number of aromatic nitrogens is 1. The molecule has 0 spiro atoms. The largest absolute Gasteiger partial charge is 0.730 e.